The number of nitrogens with two attached hydrogens (primary N) is 1. The molecule has 21 heavy (non-hydrogen) atoms. The van der Waals surface area contributed by atoms with E-state index in [9.17, 15) is 0 Å². The summed E-state index contributed by atoms with van der Waals surface area (Å²) in [6, 6.07) is 10.8. The maximum Gasteiger partial charge on any atom is 0.137 e. The molecule has 2 aromatic rings. The number of ether oxygens (including phenoxy) is 1. The molecule has 0 saturated heterocycles. The van der Waals surface area contributed by atoms with Crippen LogP contribution in [0.2, 0.25) is 15.1 Å². The lowest BCUT2D eigenvalue weighted by Gasteiger charge is -2.18. The monoisotopic (exact) mass is 344 g/mol. The number of hydrogen-bond donors (Lipinski definition) is 2. The minimum absolute atomic E-state index is 0.116. The quantitative estimate of drug-likeness (QED) is 0.623. The van der Waals surface area contributed by atoms with Gasteiger partial charge >= 0.3 is 0 Å². The summed E-state index contributed by atoms with van der Waals surface area (Å²) in [6.45, 7) is 0. The van der Waals surface area contributed by atoms with Crippen molar-refractivity contribution >= 4 is 34.8 Å². The van der Waals surface area contributed by atoms with Crippen LogP contribution in [0.3, 0.4) is 0 Å². The highest BCUT2D eigenvalue weighted by atomic mass is 35.5. The van der Waals surface area contributed by atoms with Crippen LogP contribution in [-0.4, -0.2) is 7.11 Å². The number of methoxy groups -OCH3 is 1. The molecule has 0 spiro atoms. The van der Waals surface area contributed by atoms with Crippen molar-refractivity contribution in [1.29, 1.82) is 0 Å². The fourth-order valence-electron chi connectivity index (χ4n) is 2.07. The van der Waals surface area contributed by atoms with Crippen molar-refractivity contribution in [2.24, 2.45) is 5.84 Å². The van der Waals surface area contributed by atoms with Gasteiger partial charge in [0, 0.05) is 10.0 Å². The predicted octanol–water partition coefficient (Wildman–Crippen LogP) is 4.40. The van der Waals surface area contributed by atoms with Gasteiger partial charge in [-0.1, -0.05) is 46.9 Å². The maximum atomic E-state index is 6.20. The summed E-state index contributed by atoms with van der Waals surface area (Å²) in [6.07, 6.45) is 0.622. The Kier molecular flexibility index (Phi) is 5.73. The molecule has 1 atom stereocenters. The van der Waals surface area contributed by atoms with E-state index in [1.165, 1.54) is 0 Å². The zero-order valence-electron chi connectivity index (χ0n) is 11.4. The average molecular weight is 346 g/mol. The zero-order chi connectivity index (χ0) is 15.4. The van der Waals surface area contributed by atoms with Gasteiger partial charge in [0.05, 0.1) is 18.2 Å². The highest BCUT2D eigenvalue weighted by Gasteiger charge is 2.14. The van der Waals surface area contributed by atoms with Gasteiger partial charge in [0.1, 0.15) is 5.75 Å². The SMILES string of the molecule is COc1cc(C(Cc2ccc(Cl)cc2Cl)NN)ccc1Cl. The zero-order valence-corrected chi connectivity index (χ0v) is 13.6. The van der Waals surface area contributed by atoms with E-state index in [1.54, 1.807) is 25.3 Å². The van der Waals surface area contributed by atoms with Crippen LogP contribution in [-0.2, 0) is 6.42 Å². The molecule has 6 heteroatoms. The van der Waals surface area contributed by atoms with Crippen LogP contribution in [0.1, 0.15) is 17.2 Å². The third kappa shape index (κ3) is 4.02. The lowest BCUT2D eigenvalue weighted by molar-refractivity contribution is 0.413. The molecule has 0 fully saturated rings. The fraction of sp³-hybridized carbons (Fsp3) is 0.200. The first-order valence-corrected chi connectivity index (χ1v) is 7.42. The Morgan fingerprint density at radius 1 is 1.10 bits per heavy atom. The van der Waals surface area contributed by atoms with Crippen LogP contribution < -0.4 is 16.0 Å². The molecule has 0 heterocycles. The minimum Gasteiger partial charge on any atom is -0.495 e. The first-order chi connectivity index (χ1) is 10.0. The summed E-state index contributed by atoms with van der Waals surface area (Å²) < 4.78 is 5.23. The van der Waals surface area contributed by atoms with Gasteiger partial charge in [-0.2, -0.15) is 0 Å². The van der Waals surface area contributed by atoms with Gasteiger partial charge in [-0.3, -0.25) is 11.3 Å². The molecule has 0 saturated carbocycles. The molecule has 0 aromatic heterocycles. The smallest absolute Gasteiger partial charge is 0.137 e. The normalized spacial score (nSPS) is 12.2. The van der Waals surface area contributed by atoms with Crippen LogP contribution in [0, 0.1) is 0 Å². The standard InChI is InChI=1S/C15H15Cl3N2O/c1-21-15-7-10(3-5-12(15)17)14(20-19)6-9-2-4-11(16)8-13(9)18/h2-5,7-8,14,20H,6,19H2,1H3. The lowest BCUT2D eigenvalue weighted by atomic mass is 9.99. The fourth-order valence-corrected chi connectivity index (χ4v) is 2.75. The number of nitrogens with one attached hydrogen (secondary N) is 1. The Bertz CT molecular complexity index is 634. The molecule has 0 radical (unpaired) electrons. The van der Waals surface area contributed by atoms with E-state index in [2.05, 4.69) is 5.43 Å². The van der Waals surface area contributed by atoms with Crippen molar-refractivity contribution in [3.05, 3.63) is 62.6 Å². The largest absolute Gasteiger partial charge is 0.495 e. The molecule has 0 aliphatic carbocycles. The highest BCUT2D eigenvalue weighted by molar-refractivity contribution is 6.35. The number of hydrogen-bond acceptors (Lipinski definition) is 3. The van der Waals surface area contributed by atoms with Gasteiger partial charge in [0.15, 0.2) is 0 Å². The Balaban J connectivity index is 2.27. The van der Waals surface area contributed by atoms with Crippen molar-refractivity contribution in [2.45, 2.75) is 12.5 Å². The Hall–Kier alpha value is -0.970. The summed E-state index contributed by atoms with van der Waals surface area (Å²) >= 11 is 18.1. The molecule has 2 rings (SSSR count). The van der Waals surface area contributed by atoms with E-state index < -0.39 is 0 Å². The van der Waals surface area contributed by atoms with Gasteiger partial charge in [0.2, 0.25) is 0 Å². The van der Waals surface area contributed by atoms with Gasteiger partial charge in [-0.15, -0.1) is 0 Å². The van der Waals surface area contributed by atoms with E-state index in [0.717, 1.165) is 11.1 Å². The third-order valence-electron chi connectivity index (χ3n) is 3.22. The second kappa shape index (κ2) is 7.34. The molecule has 2 aromatic carbocycles. The maximum absolute atomic E-state index is 6.20. The number of hydrazine groups is 1. The van der Waals surface area contributed by atoms with Crippen molar-refractivity contribution < 1.29 is 4.74 Å². The minimum atomic E-state index is -0.116. The topological polar surface area (TPSA) is 47.3 Å². The molecule has 3 nitrogen and oxygen atoms in total. The molecule has 0 aliphatic rings. The number of rotatable bonds is 5. The van der Waals surface area contributed by atoms with Gasteiger partial charge < -0.3 is 4.74 Å². The van der Waals surface area contributed by atoms with Gasteiger partial charge in [-0.25, -0.2) is 0 Å². The van der Waals surface area contributed by atoms with Crippen LogP contribution in [0.15, 0.2) is 36.4 Å². The summed E-state index contributed by atoms with van der Waals surface area (Å²) in [5.74, 6) is 6.28. The number of halogens is 3. The average Bonchev–Trinajstić information content (AvgIpc) is 2.47. The van der Waals surface area contributed by atoms with Crippen molar-refractivity contribution in [2.75, 3.05) is 7.11 Å². The summed E-state index contributed by atoms with van der Waals surface area (Å²) in [5.41, 5.74) is 4.71. The molecular weight excluding hydrogens is 331 g/mol. The summed E-state index contributed by atoms with van der Waals surface area (Å²) in [4.78, 5) is 0. The molecule has 1 unspecified atom stereocenters. The van der Waals surface area contributed by atoms with E-state index in [0.29, 0.717) is 27.2 Å². The Labute approximate surface area is 138 Å². The third-order valence-corrected chi connectivity index (χ3v) is 4.12. The van der Waals surface area contributed by atoms with Crippen LogP contribution >= 0.6 is 34.8 Å². The Morgan fingerprint density at radius 2 is 1.86 bits per heavy atom. The second-order valence-corrected chi connectivity index (χ2v) is 5.80. The van der Waals surface area contributed by atoms with Crippen LogP contribution in [0.4, 0.5) is 0 Å². The van der Waals surface area contributed by atoms with Gasteiger partial charge in [0.25, 0.3) is 0 Å². The highest BCUT2D eigenvalue weighted by Crippen LogP contribution is 2.30. The van der Waals surface area contributed by atoms with Crippen LogP contribution in [0.25, 0.3) is 0 Å². The van der Waals surface area contributed by atoms with E-state index >= 15 is 0 Å². The number of benzene rings is 2. The van der Waals surface area contributed by atoms with E-state index in [1.807, 2.05) is 18.2 Å². The molecule has 0 amide bonds. The van der Waals surface area contributed by atoms with Crippen molar-refractivity contribution in [1.82, 2.24) is 5.43 Å². The van der Waals surface area contributed by atoms with Crippen molar-refractivity contribution in [3.8, 4) is 5.75 Å². The van der Waals surface area contributed by atoms with E-state index in [-0.39, 0.29) is 6.04 Å². The van der Waals surface area contributed by atoms with Crippen LogP contribution in [0.5, 0.6) is 5.75 Å². The van der Waals surface area contributed by atoms with Gasteiger partial charge in [-0.05, 0) is 41.8 Å². The molecule has 0 aliphatic heterocycles. The first kappa shape index (κ1) is 16.4. The summed E-state index contributed by atoms with van der Waals surface area (Å²) in [7, 11) is 1.58. The first-order valence-electron chi connectivity index (χ1n) is 6.28. The molecule has 0 bridgehead atoms. The van der Waals surface area contributed by atoms with E-state index in [4.69, 9.17) is 45.4 Å². The second-order valence-electron chi connectivity index (χ2n) is 4.55. The molecule has 3 N–H and O–H groups in total. The lowest BCUT2D eigenvalue weighted by Crippen LogP contribution is -2.29. The Morgan fingerprint density at radius 3 is 2.48 bits per heavy atom. The molecule has 112 valence electrons. The summed E-state index contributed by atoms with van der Waals surface area (Å²) in [5, 5.41) is 1.78. The molecular formula is C15H15Cl3N2O. The van der Waals surface area contributed by atoms with Crippen molar-refractivity contribution in [3.63, 3.8) is 0 Å². The predicted molar refractivity (Wildman–Crippen MR) is 88.2 cm³/mol.